The largest absolute Gasteiger partial charge is 0.336 e. The van der Waals surface area contributed by atoms with Gasteiger partial charge in [0.05, 0.1) is 9.82 Å². The van der Waals surface area contributed by atoms with Crippen LogP contribution in [0.25, 0.3) is 0 Å². The molecule has 2 aromatic carbocycles. The van der Waals surface area contributed by atoms with E-state index in [1.54, 1.807) is 17.0 Å². The summed E-state index contributed by atoms with van der Waals surface area (Å²) < 4.78 is 27.5. The quantitative estimate of drug-likeness (QED) is 0.588. The van der Waals surface area contributed by atoms with Crippen molar-refractivity contribution >= 4 is 27.3 Å². The van der Waals surface area contributed by atoms with Gasteiger partial charge in [-0.2, -0.15) is 0 Å². The minimum Gasteiger partial charge on any atom is -0.336 e. The van der Waals surface area contributed by atoms with Crippen molar-refractivity contribution in [3.05, 3.63) is 63.7 Å². The summed E-state index contributed by atoms with van der Waals surface area (Å²) in [6.07, 6.45) is 0. The van der Waals surface area contributed by atoms with Crippen LogP contribution >= 0.6 is 0 Å². The highest BCUT2D eigenvalue weighted by atomic mass is 32.2. The van der Waals surface area contributed by atoms with E-state index in [0.717, 1.165) is 19.2 Å². The molecule has 1 aliphatic heterocycles. The minimum atomic E-state index is -4.00. The number of nitro groups is 1. The van der Waals surface area contributed by atoms with Gasteiger partial charge in [0.25, 0.3) is 21.6 Å². The minimum absolute atomic E-state index is 0.0957. The lowest BCUT2D eigenvalue weighted by atomic mass is 10.1. The molecule has 9 nitrogen and oxygen atoms in total. The molecule has 0 aromatic heterocycles. The third-order valence-corrected chi connectivity index (χ3v) is 6.24. The van der Waals surface area contributed by atoms with Crippen molar-refractivity contribution in [1.29, 1.82) is 0 Å². The number of hydrogen-bond donors (Lipinski definition) is 1. The van der Waals surface area contributed by atoms with Gasteiger partial charge < -0.3 is 9.80 Å². The predicted octanol–water partition coefficient (Wildman–Crippen LogP) is 2.09. The van der Waals surface area contributed by atoms with Crippen LogP contribution in [0.5, 0.6) is 0 Å². The van der Waals surface area contributed by atoms with Crippen molar-refractivity contribution in [3.8, 4) is 0 Å². The molecular weight excluding hydrogens is 396 g/mol. The van der Waals surface area contributed by atoms with E-state index < -0.39 is 14.9 Å². The van der Waals surface area contributed by atoms with Gasteiger partial charge in [0.2, 0.25) is 0 Å². The maximum absolute atomic E-state index is 12.6. The molecule has 154 valence electrons. The van der Waals surface area contributed by atoms with E-state index in [4.69, 9.17) is 0 Å². The molecule has 1 heterocycles. The summed E-state index contributed by atoms with van der Waals surface area (Å²) in [5.41, 5.74) is 0.855. The van der Waals surface area contributed by atoms with Crippen LogP contribution < -0.4 is 4.72 Å². The van der Waals surface area contributed by atoms with Crippen molar-refractivity contribution < 1.29 is 18.1 Å². The second kappa shape index (κ2) is 8.18. The highest BCUT2D eigenvalue weighted by Gasteiger charge is 2.22. The SMILES string of the molecule is Cc1ccc(S(=O)(=O)Nc2ccc(C(=O)N3CCN(C)CC3)cc2)cc1[N+](=O)[O-]. The Morgan fingerprint density at radius 3 is 2.28 bits per heavy atom. The summed E-state index contributed by atoms with van der Waals surface area (Å²) in [7, 11) is -2.00. The van der Waals surface area contributed by atoms with Gasteiger partial charge in [0.1, 0.15) is 0 Å². The lowest BCUT2D eigenvalue weighted by Crippen LogP contribution is -2.47. The smallest absolute Gasteiger partial charge is 0.273 e. The number of carbonyl (C=O) groups is 1. The Bertz CT molecular complexity index is 1030. The molecule has 0 radical (unpaired) electrons. The molecule has 1 N–H and O–H groups in total. The average Bonchev–Trinajstić information content (AvgIpc) is 2.68. The summed E-state index contributed by atoms with van der Waals surface area (Å²) in [6, 6.07) is 9.88. The van der Waals surface area contributed by atoms with E-state index >= 15 is 0 Å². The fraction of sp³-hybridized carbons (Fsp3) is 0.316. The maximum atomic E-state index is 12.6. The first-order valence-corrected chi connectivity index (χ1v) is 10.5. The van der Waals surface area contributed by atoms with E-state index in [0.29, 0.717) is 24.2 Å². The summed E-state index contributed by atoms with van der Waals surface area (Å²) in [4.78, 5) is 26.7. The number of piperazine rings is 1. The number of carbonyl (C=O) groups excluding carboxylic acids is 1. The first kappa shape index (κ1) is 20.7. The Morgan fingerprint density at radius 2 is 1.69 bits per heavy atom. The van der Waals surface area contributed by atoms with Gasteiger partial charge in [0.15, 0.2) is 0 Å². The third kappa shape index (κ3) is 4.72. The van der Waals surface area contributed by atoms with E-state index in [1.165, 1.54) is 31.2 Å². The molecule has 2 aromatic rings. The van der Waals surface area contributed by atoms with Gasteiger partial charge in [-0.1, -0.05) is 6.07 Å². The first-order chi connectivity index (χ1) is 13.7. The highest BCUT2D eigenvalue weighted by Crippen LogP contribution is 2.24. The number of nitrogens with zero attached hydrogens (tertiary/aromatic N) is 3. The number of aryl methyl sites for hydroxylation is 1. The number of rotatable bonds is 5. The van der Waals surface area contributed by atoms with Crippen LogP contribution in [0.4, 0.5) is 11.4 Å². The molecule has 1 saturated heterocycles. The number of hydrogen-bond acceptors (Lipinski definition) is 6. The van der Waals surface area contributed by atoms with Crippen LogP contribution in [-0.4, -0.2) is 62.3 Å². The van der Waals surface area contributed by atoms with Gasteiger partial charge in [-0.05, 0) is 44.3 Å². The molecule has 0 unspecified atom stereocenters. The summed E-state index contributed by atoms with van der Waals surface area (Å²) in [6.45, 7) is 4.46. The molecule has 0 spiro atoms. The maximum Gasteiger partial charge on any atom is 0.273 e. The topological polar surface area (TPSA) is 113 Å². The molecule has 29 heavy (non-hydrogen) atoms. The predicted molar refractivity (Wildman–Crippen MR) is 108 cm³/mol. The van der Waals surface area contributed by atoms with E-state index in [2.05, 4.69) is 9.62 Å². The Hall–Kier alpha value is -2.98. The van der Waals surface area contributed by atoms with Gasteiger partial charge in [-0.15, -0.1) is 0 Å². The van der Waals surface area contributed by atoms with Crippen molar-refractivity contribution in [2.75, 3.05) is 37.9 Å². The second-order valence-corrected chi connectivity index (χ2v) is 8.67. The van der Waals surface area contributed by atoms with Crippen molar-refractivity contribution in [3.63, 3.8) is 0 Å². The highest BCUT2D eigenvalue weighted by molar-refractivity contribution is 7.92. The van der Waals surface area contributed by atoms with Crippen molar-refractivity contribution in [1.82, 2.24) is 9.80 Å². The lowest BCUT2D eigenvalue weighted by Gasteiger charge is -2.32. The molecule has 0 atom stereocenters. The van der Waals surface area contributed by atoms with E-state index in [-0.39, 0.29) is 22.2 Å². The Balaban J connectivity index is 1.74. The Morgan fingerprint density at radius 1 is 1.07 bits per heavy atom. The van der Waals surface area contributed by atoms with Gasteiger partial charge in [0, 0.05) is 49.1 Å². The molecule has 3 rings (SSSR count). The number of benzene rings is 2. The molecule has 0 bridgehead atoms. The summed E-state index contributed by atoms with van der Waals surface area (Å²) in [5.74, 6) is -0.0957. The monoisotopic (exact) mass is 418 g/mol. The molecule has 1 fully saturated rings. The first-order valence-electron chi connectivity index (χ1n) is 9.03. The molecule has 1 amide bonds. The summed E-state index contributed by atoms with van der Waals surface area (Å²) in [5, 5.41) is 11.1. The van der Waals surface area contributed by atoms with Crippen LogP contribution in [0.3, 0.4) is 0 Å². The Kier molecular flexibility index (Phi) is 5.85. The number of nitro benzene ring substituents is 1. The van der Waals surface area contributed by atoms with Gasteiger partial charge in [-0.3, -0.25) is 19.6 Å². The van der Waals surface area contributed by atoms with Crippen molar-refractivity contribution in [2.24, 2.45) is 0 Å². The number of anilines is 1. The molecule has 10 heteroatoms. The van der Waals surface area contributed by atoms with Crippen LogP contribution in [0, 0.1) is 17.0 Å². The van der Waals surface area contributed by atoms with E-state index in [9.17, 15) is 23.3 Å². The van der Waals surface area contributed by atoms with E-state index in [1.807, 2.05) is 7.05 Å². The number of sulfonamides is 1. The van der Waals surface area contributed by atoms with Crippen LogP contribution in [0.1, 0.15) is 15.9 Å². The molecular formula is C19H22N4O5S. The Labute approximate surface area is 169 Å². The standard InChI is InChI=1S/C19H22N4O5S/c1-14-3-8-17(13-18(14)23(25)26)29(27,28)20-16-6-4-15(5-7-16)19(24)22-11-9-21(2)10-12-22/h3-8,13,20H,9-12H2,1-2H3. The molecule has 0 saturated carbocycles. The summed E-state index contributed by atoms with van der Waals surface area (Å²) >= 11 is 0. The van der Waals surface area contributed by atoms with Crippen LogP contribution in [0.15, 0.2) is 47.4 Å². The average molecular weight is 418 g/mol. The van der Waals surface area contributed by atoms with Gasteiger partial charge in [-0.25, -0.2) is 8.42 Å². The number of likely N-dealkylation sites (N-methyl/N-ethyl adjacent to an activating group) is 1. The van der Waals surface area contributed by atoms with Crippen LogP contribution in [-0.2, 0) is 10.0 Å². The van der Waals surface area contributed by atoms with Crippen molar-refractivity contribution in [2.45, 2.75) is 11.8 Å². The molecule has 1 aliphatic rings. The van der Waals surface area contributed by atoms with Gasteiger partial charge >= 0.3 is 0 Å². The zero-order valence-corrected chi connectivity index (χ0v) is 17.0. The fourth-order valence-electron chi connectivity index (χ4n) is 3.04. The zero-order valence-electron chi connectivity index (χ0n) is 16.2. The molecule has 0 aliphatic carbocycles. The normalized spacial score (nSPS) is 15.2. The third-order valence-electron chi connectivity index (χ3n) is 4.86. The second-order valence-electron chi connectivity index (χ2n) is 6.98. The fourth-order valence-corrected chi connectivity index (χ4v) is 4.12. The number of amides is 1. The number of nitrogens with one attached hydrogen (secondary N) is 1. The lowest BCUT2D eigenvalue weighted by molar-refractivity contribution is -0.385. The van der Waals surface area contributed by atoms with Crippen LogP contribution in [0.2, 0.25) is 0 Å². The zero-order chi connectivity index (χ0) is 21.2.